The maximum Gasteiger partial charge on any atom is 0.251 e. The molecule has 1 aromatic heterocycles. The molecule has 2 heterocycles. The van der Waals surface area contributed by atoms with E-state index in [0.717, 1.165) is 24.3 Å². The number of rotatable bonds is 6. The van der Waals surface area contributed by atoms with Gasteiger partial charge in [0.05, 0.1) is 13.2 Å². The smallest absolute Gasteiger partial charge is 0.251 e. The fourth-order valence-corrected chi connectivity index (χ4v) is 3.70. The molecule has 28 heavy (non-hydrogen) atoms. The highest BCUT2D eigenvalue weighted by molar-refractivity contribution is 5.94. The molecule has 0 saturated carbocycles. The van der Waals surface area contributed by atoms with Crippen molar-refractivity contribution in [3.8, 4) is 5.75 Å². The van der Waals surface area contributed by atoms with Crippen LogP contribution < -0.4 is 15.0 Å². The van der Waals surface area contributed by atoms with Gasteiger partial charge in [-0.2, -0.15) is 0 Å². The molecule has 1 atom stereocenters. The lowest BCUT2D eigenvalue weighted by Gasteiger charge is -2.31. The Bertz CT molecular complexity index is 942. The molecule has 3 aromatic rings. The Morgan fingerprint density at radius 2 is 1.96 bits per heavy atom. The summed E-state index contributed by atoms with van der Waals surface area (Å²) >= 11 is 0. The fourth-order valence-electron chi connectivity index (χ4n) is 3.70. The quantitative estimate of drug-likeness (QED) is 0.717. The second-order valence-corrected chi connectivity index (χ2v) is 6.81. The topological polar surface area (TPSA) is 54.5 Å². The van der Waals surface area contributed by atoms with E-state index in [4.69, 9.17) is 4.74 Å². The van der Waals surface area contributed by atoms with Crippen molar-refractivity contribution in [1.82, 2.24) is 10.3 Å². The number of ether oxygens (including phenoxy) is 1. The molecular formula is C23H23N3O2. The van der Waals surface area contributed by atoms with E-state index in [-0.39, 0.29) is 11.9 Å². The van der Waals surface area contributed by atoms with Gasteiger partial charge in [0.1, 0.15) is 5.75 Å². The zero-order valence-corrected chi connectivity index (χ0v) is 15.8. The van der Waals surface area contributed by atoms with Crippen LogP contribution >= 0.6 is 0 Å². The fraction of sp³-hybridized carbons (Fsp3) is 0.217. The van der Waals surface area contributed by atoms with Crippen LogP contribution in [0.2, 0.25) is 0 Å². The molecule has 2 aromatic carbocycles. The third-order valence-corrected chi connectivity index (χ3v) is 5.18. The molecule has 4 rings (SSSR count). The summed E-state index contributed by atoms with van der Waals surface area (Å²) in [6, 6.07) is 19.6. The second-order valence-electron chi connectivity index (χ2n) is 6.81. The van der Waals surface area contributed by atoms with Gasteiger partial charge in [-0.15, -0.1) is 0 Å². The SMILES string of the molecule is COc1ccc(C(=O)NC[C@@H](c2cccnc2)N2CCc3ccccc32)cc1. The summed E-state index contributed by atoms with van der Waals surface area (Å²) in [5.74, 6) is 0.641. The van der Waals surface area contributed by atoms with Gasteiger partial charge in [0, 0.05) is 36.7 Å². The number of nitrogens with one attached hydrogen (secondary N) is 1. The molecule has 0 saturated heterocycles. The first-order valence-electron chi connectivity index (χ1n) is 9.43. The van der Waals surface area contributed by atoms with Crippen LogP contribution in [0.3, 0.4) is 0 Å². The molecule has 0 spiro atoms. The van der Waals surface area contributed by atoms with Crippen LogP contribution in [0, 0.1) is 0 Å². The lowest BCUT2D eigenvalue weighted by atomic mass is 10.1. The minimum atomic E-state index is -0.0935. The summed E-state index contributed by atoms with van der Waals surface area (Å²) in [5, 5.41) is 3.09. The third-order valence-electron chi connectivity index (χ3n) is 5.18. The van der Waals surface area contributed by atoms with Crippen LogP contribution in [0.15, 0.2) is 73.1 Å². The molecule has 1 aliphatic rings. The molecule has 0 fully saturated rings. The number of anilines is 1. The highest BCUT2D eigenvalue weighted by Crippen LogP contribution is 2.34. The van der Waals surface area contributed by atoms with Crippen molar-refractivity contribution in [3.05, 3.63) is 89.7 Å². The predicted octanol–water partition coefficient (Wildman–Crippen LogP) is 3.62. The number of pyridine rings is 1. The minimum absolute atomic E-state index is 0.0274. The van der Waals surface area contributed by atoms with E-state index in [9.17, 15) is 4.79 Å². The van der Waals surface area contributed by atoms with Crippen molar-refractivity contribution >= 4 is 11.6 Å². The monoisotopic (exact) mass is 373 g/mol. The molecule has 5 heteroatoms. The molecule has 1 amide bonds. The van der Waals surface area contributed by atoms with Crippen molar-refractivity contribution in [2.75, 3.05) is 25.1 Å². The van der Waals surface area contributed by atoms with Crippen LogP contribution in [0.1, 0.15) is 27.5 Å². The molecule has 5 nitrogen and oxygen atoms in total. The molecule has 0 radical (unpaired) electrons. The molecule has 0 unspecified atom stereocenters. The average molecular weight is 373 g/mol. The predicted molar refractivity (Wildman–Crippen MR) is 110 cm³/mol. The van der Waals surface area contributed by atoms with Gasteiger partial charge >= 0.3 is 0 Å². The van der Waals surface area contributed by atoms with Gasteiger partial charge in [-0.3, -0.25) is 9.78 Å². The highest BCUT2D eigenvalue weighted by atomic mass is 16.5. The molecular weight excluding hydrogens is 350 g/mol. The number of methoxy groups -OCH3 is 1. The summed E-state index contributed by atoms with van der Waals surface area (Å²) < 4.78 is 5.16. The van der Waals surface area contributed by atoms with E-state index in [1.54, 1.807) is 37.6 Å². The zero-order valence-electron chi connectivity index (χ0n) is 15.8. The van der Waals surface area contributed by atoms with Gasteiger partial charge in [-0.1, -0.05) is 24.3 Å². The Balaban J connectivity index is 1.54. The van der Waals surface area contributed by atoms with Gasteiger partial charge in [0.15, 0.2) is 0 Å². The molecule has 0 aliphatic carbocycles. The summed E-state index contributed by atoms with van der Waals surface area (Å²) in [6.07, 6.45) is 4.67. The maximum atomic E-state index is 12.7. The number of carbonyl (C=O) groups is 1. The first-order chi connectivity index (χ1) is 13.8. The molecule has 1 aliphatic heterocycles. The Morgan fingerprint density at radius 1 is 1.14 bits per heavy atom. The van der Waals surface area contributed by atoms with Crippen LogP contribution in [0.5, 0.6) is 5.75 Å². The number of fused-ring (bicyclic) bond motifs is 1. The van der Waals surface area contributed by atoms with Gasteiger partial charge in [0.25, 0.3) is 5.91 Å². The van der Waals surface area contributed by atoms with Crippen LogP contribution in [-0.4, -0.2) is 31.1 Å². The van der Waals surface area contributed by atoms with Crippen LogP contribution in [-0.2, 0) is 6.42 Å². The third kappa shape index (κ3) is 3.69. The number of para-hydroxylation sites is 1. The Hall–Kier alpha value is -3.34. The highest BCUT2D eigenvalue weighted by Gasteiger charge is 2.27. The number of aromatic nitrogens is 1. The number of hydrogen-bond acceptors (Lipinski definition) is 4. The van der Waals surface area contributed by atoms with Crippen molar-refractivity contribution in [2.24, 2.45) is 0 Å². The molecule has 142 valence electrons. The number of amides is 1. The van der Waals surface area contributed by atoms with E-state index >= 15 is 0 Å². The number of benzene rings is 2. The summed E-state index contributed by atoms with van der Waals surface area (Å²) in [7, 11) is 1.61. The molecule has 1 N–H and O–H groups in total. The van der Waals surface area contributed by atoms with Gasteiger partial charge in [0.2, 0.25) is 0 Å². The van der Waals surface area contributed by atoms with E-state index in [0.29, 0.717) is 12.1 Å². The largest absolute Gasteiger partial charge is 0.497 e. The van der Waals surface area contributed by atoms with Gasteiger partial charge in [-0.05, 0) is 53.9 Å². The van der Waals surface area contributed by atoms with Crippen LogP contribution in [0.25, 0.3) is 0 Å². The van der Waals surface area contributed by atoms with E-state index in [1.165, 1.54) is 11.3 Å². The lowest BCUT2D eigenvalue weighted by Crippen LogP contribution is -2.37. The minimum Gasteiger partial charge on any atom is -0.497 e. The Morgan fingerprint density at radius 3 is 2.71 bits per heavy atom. The van der Waals surface area contributed by atoms with Gasteiger partial charge in [-0.25, -0.2) is 0 Å². The standard InChI is InChI=1S/C23H23N3O2/c1-28-20-10-8-18(9-11-20)23(27)25-16-22(19-6-4-13-24-15-19)26-14-12-17-5-2-3-7-21(17)26/h2-11,13,15,22H,12,14,16H2,1H3,(H,25,27)/t22-/m0/s1. The van der Waals surface area contributed by atoms with Crippen LogP contribution in [0.4, 0.5) is 5.69 Å². The normalized spacial score (nSPS) is 13.7. The van der Waals surface area contributed by atoms with E-state index in [2.05, 4.69) is 45.5 Å². The summed E-state index contributed by atoms with van der Waals surface area (Å²) in [6.45, 7) is 1.43. The number of carbonyl (C=O) groups excluding carboxylic acids is 1. The lowest BCUT2D eigenvalue weighted by molar-refractivity contribution is 0.0951. The zero-order chi connectivity index (χ0) is 19.3. The maximum absolute atomic E-state index is 12.7. The Kier molecular flexibility index (Phi) is 5.24. The van der Waals surface area contributed by atoms with Crippen molar-refractivity contribution in [1.29, 1.82) is 0 Å². The van der Waals surface area contributed by atoms with Gasteiger partial charge < -0.3 is 15.0 Å². The average Bonchev–Trinajstić information content (AvgIpc) is 3.19. The van der Waals surface area contributed by atoms with Crippen molar-refractivity contribution in [3.63, 3.8) is 0 Å². The van der Waals surface area contributed by atoms with E-state index in [1.807, 2.05) is 12.3 Å². The summed E-state index contributed by atoms with van der Waals surface area (Å²) in [5.41, 5.74) is 4.29. The van der Waals surface area contributed by atoms with Crippen molar-refractivity contribution < 1.29 is 9.53 Å². The number of nitrogens with zero attached hydrogens (tertiary/aromatic N) is 2. The molecule has 0 bridgehead atoms. The first kappa shape index (κ1) is 18.0. The van der Waals surface area contributed by atoms with E-state index < -0.39 is 0 Å². The second kappa shape index (κ2) is 8.13. The first-order valence-corrected chi connectivity index (χ1v) is 9.43. The summed E-state index contributed by atoms with van der Waals surface area (Å²) in [4.78, 5) is 19.3. The number of hydrogen-bond donors (Lipinski definition) is 1. The van der Waals surface area contributed by atoms with Crippen molar-refractivity contribution in [2.45, 2.75) is 12.5 Å². The Labute approximate surface area is 165 Å².